The lowest BCUT2D eigenvalue weighted by atomic mass is 10.1. The summed E-state index contributed by atoms with van der Waals surface area (Å²) in [6.07, 6.45) is 0.914. The molecule has 0 aliphatic carbocycles. The van der Waals surface area contributed by atoms with E-state index in [1.807, 2.05) is 60.7 Å². The molecule has 6 nitrogen and oxygen atoms in total. The first-order valence-electron chi connectivity index (χ1n) is 10.4. The van der Waals surface area contributed by atoms with Crippen LogP contribution in [0.15, 0.2) is 66.7 Å². The SMILES string of the molecule is COc1cccc(-c2cc(C(=O)NCCC(C)C)n3nc(-c4ccccc4)cc3n2)c1. The zero-order valence-electron chi connectivity index (χ0n) is 18.0. The monoisotopic (exact) mass is 414 g/mol. The highest BCUT2D eigenvalue weighted by Crippen LogP contribution is 2.26. The molecule has 31 heavy (non-hydrogen) atoms. The van der Waals surface area contributed by atoms with E-state index in [-0.39, 0.29) is 5.91 Å². The lowest BCUT2D eigenvalue weighted by Gasteiger charge is -2.10. The highest BCUT2D eigenvalue weighted by Gasteiger charge is 2.17. The fourth-order valence-electron chi connectivity index (χ4n) is 3.38. The Labute approximate surface area is 181 Å². The van der Waals surface area contributed by atoms with Crippen LogP contribution in [0.2, 0.25) is 0 Å². The van der Waals surface area contributed by atoms with Crippen molar-refractivity contribution in [2.24, 2.45) is 5.92 Å². The number of fused-ring (bicyclic) bond motifs is 1. The Morgan fingerprint density at radius 1 is 1.00 bits per heavy atom. The average molecular weight is 415 g/mol. The van der Waals surface area contributed by atoms with Crippen molar-refractivity contribution in [1.29, 1.82) is 0 Å². The number of amides is 1. The van der Waals surface area contributed by atoms with E-state index in [0.29, 0.717) is 29.5 Å². The van der Waals surface area contributed by atoms with Crippen molar-refractivity contribution in [1.82, 2.24) is 19.9 Å². The quantitative estimate of drug-likeness (QED) is 0.469. The molecule has 0 saturated carbocycles. The van der Waals surface area contributed by atoms with Gasteiger partial charge in [0.2, 0.25) is 0 Å². The van der Waals surface area contributed by atoms with E-state index >= 15 is 0 Å². The highest BCUT2D eigenvalue weighted by atomic mass is 16.5. The van der Waals surface area contributed by atoms with Crippen LogP contribution >= 0.6 is 0 Å². The molecule has 0 unspecified atom stereocenters. The van der Waals surface area contributed by atoms with Crippen LogP contribution in [0.5, 0.6) is 5.75 Å². The minimum Gasteiger partial charge on any atom is -0.497 e. The molecule has 1 amide bonds. The lowest BCUT2D eigenvalue weighted by molar-refractivity contribution is 0.0944. The maximum absolute atomic E-state index is 13.1. The van der Waals surface area contributed by atoms with Crippen LogP contribution in [-0.2, 0) is 0 Å². The molecule has 0 atom stereocenters. The van der Waals surface area contributed by atoms with Crippen LogP contribution in [0, 0.1) is 5.92 Å². The van der Waals surface area contributed by atoms with Gasteiger partial charge in [0.1, 0.15) is 11.4 Å². The van der Waals surface area contributed by atoms with E-state index in [2.05, 4.69) is 24.3 Å². The van der Waals surface area contributed by atoms with E-state index in [4.69, 9.17) is 9.72 Å². The molecule has 4 aromatic rings. The van der Waals surface area contributed by atoms with Gasteiger partial charge < -0.3 is 10.1 Å². The minimum atomic E-state index is -0.167. The molecule has 0 aliphatic rings. The molecule has 1 N–H and O–H groups in total. The fraction of sp³-hybridized carbons (Fsp3) is 0.240. The Balaban J connectivity index is 1.81. The van der Waals surface area contributed by atoms with Gasteiger partial charge in [-0.3, -0.25) is 4.79 Å². The second kappa shape index (κ2) is 9.00. The van der Waals surface area contributed by atoms with Gasteiger partial charge in [-0.05, 0) is 30.5 Å². The molecule has 0 radical (unpaired) electrons. The molecule has 6 heteroatoms. The van der Waals surface area contributed by atoms with Gasteiger partial charge in [0.15, 0.2) is 5.65 Å². The molecule has 0 spiro atoms. The first kappa shape index (κ1) is 20.6. The third-order valence-electron chi connectivity index (χ3n) is 5.10. The van der Waals surface area contributed by atoms with Gasteiger partial charge in [0, 0.05) is 23.7 Å². The van der Waals surface area contributed by atoms with Crippen LogP contribution in [0.3, 0.4) is 0 Å². The second-order valence-corrected chi connectivity index (χ2v) is 7.86. The van der Waals surface area contributed by atoms with E-state index in [1.54, 1.807) is 17.7 Å². The Kier molecular flexibility index (Phi) is 5.98. The third-order valence-corrected chi connectivity index (χ3v) is 5.10. The topological polar surface area (TPSA) is 68.5 Å². The van der Waals surface area contributed by atoms with Crippen LogP contribution in [0.25, 0.3) is 28.2 Å². The molecule has 2 aromatic carbocycles. The van der Waals surface area contributed by atoms with Gasteiger partial charge in [0.05, 0.1) is 18.5 Å². The lowest BCUT2D eigenvalue weighted by Crippen LogP contribution is -2.27. The first-order valence-corrected chi connectivity index (χ1v) is 10.4. The molecule has 0 aliphatic heterocycles. The fourth-order valence-corrected chi connectivity index (χ4v) is 3.38. The van der Waals surface area contributed by atoms with Gasteiger partial charge in [-0.15, -0.1) is 0 Å². The Morgan fingerprint density at radius 3 is 2.52 bits per heavy atom. The van der Waals surface area contributed by atoms with Crippen LogP contribution < -0.4 is 10.1 Å². The summed E-state index contributed by atoms with van der Waals surface area (Å²) in [5.74, 6) is 1.08. The Bertz CT molecular complexity index is 1200. The molecule has 2 heterocycles. The Morgan fingerprint density at radius 2 is 1.77 bits per heavy atom. The molecule has 0 bridgehead atoms. The number of carbonyl (C=O) groups excluding carboxylic acids is 1. The Hall–Kier alpha value is -3.67. The predicted octanol–water partition coefficient (Wildman–Crippen LogP) is 4.85. The number of methoxy groups -OCH3 is 1. The summed E-state index contributed by atoms with van der Waals surface area (Å²) in [5, 5.41) is 7.70. The molecule has 0 fully saturated rings. The zero-order valence-corrected chi connectivity index (χ0v) is 18.0. The molecule has 158 valence electrons. The van der Waals surface area contributed by atoms with Crippen molar-refractivity contribution in [3.05, 3.63) is 72.4 Å². The number of nitrogens with one attached hydrogen (secondary N) is 1. The average Bonchev–Trinajstić information content (AvgIpc) is 3.23. The predicted molar refractivity (Wildman–Crippen MR) is 122 cm³/mol. The largest absolute Gasteiger partial charge is 0.497 e. The smallest absolute Gasteiger partial charge is 0.270 e. The molecule has 2 aromatic heterocycles. The van der Waals surface area contributed by atoms with Crippen LogP contribution in [0.1, 0.15) is 30.8 Å². The summed E-state index contributed by atoms with van der Waals surface area (Å²) in [6, 6.07) is 21.2. The summed E-state index contributed by atoms with van der Waals surface area (Å²) in [5.41, 5.74) is 4.39. The minimum absolute atomic E-state index is 0.167. The number of aromatic nitrogens is 3. The molecule has 0 saturated heterocycles. The molecule has 4 rings (SSSR count). The van der Waals surface area contributed by atoms with E-state index in [1.165, 1.54) is 0 Å². The summed E-state index contributed by atoms with van der Waals surface area (Å²) in [6.45, 7) is 4.89. The number of rotatable bonds is 7. The van der Waals surface area contributed by atoms with Crippen molar-refractivity contribution in [2.45, 2.75) is 20.3 Å². The third kappa shape index (κ3) is 4.58. The first-order chi connectivity index (χ1) is 15.0. The number of benzene rings is 2. The van der Waals surface area contributed by atoms with Gasteiger partial charge in [-0.1, -0.05) is 56.3 Å². The van der Waals surface area contributed by atoms with Crippen molar-refractivity contribution in [3.63, 3.8) is 0 Å². The van der Waals surface area contributed by atoms with Crippen molar-refractivity contribution in [2.75, 3.05) is 13.7 Å². The van der Waals surface area contributed by atoms with E-state index < -0.39 is 0 Å². The number of hydrogen-bond donors (Lipinski definition) is 1. The number of ether oxygens (including phenoxy) is 1. The molecular formula is C25H26N4O2. The standard InChI is InChI=1S/C25H26N4O2/c1-17(2)12-13-26-25(30)23-15-21(19-10-7-11-20(14-19)31-3)27-24-16-22(28-29(23)24)18-8-5-4-6-9-18/h4-11,14-17H,12-13H2,1-3H3,(H,26,30). The normalized spacial score (nSPS) is 11.1. The van der Waals surface area contributed by atoms with Crippen LogP contribution in [0.4, 0.5) is 0 Å². The second-order valence-electron chi connectivity index (χ2n) is 7.86. The zero-order chi connectivity index (χ0) is 21.8. The highest BCUT2D eigenvalue weighted by molar-refractivity contribution is 5.94. The summed E-state index contributed by atoms with van der Waals surface area (Å²) < 4.78 is 6.98. The summed E-state index contributed by atoms with van der Waals surface area (Å²) >= 11 is 0. The number of nitrogens with zero attached hydrogens (tertiary/aromatic N) is 3. The van der Waals surface area contributed by atoms with Crippen molar-refractivity contribution < 1.29 is 9.53 Å². The van der Waals surface area contributed by atoms with Gasteiger partial charge in [-0.2, -0.15) is 5.10 Å². The van der Waals surface area contributed by atoms with E-state index in [0.717, 1.165) is 29.0 Å². The summed E-state index contributed by atoms with van der Waals surface area (Å²) in [4.78, 5) is 17.9. The molecular weight excluding hydrogens is 388 g/mol. The van der Waals surface area contributed by atoms with Crippen LogP contribution in [-0.4, -0.2) is 34.2 Å². The maximum atomic E-state index is 13.1. The number of hydrogen-bond acceptors (Lipinski definition) is 4. The van der Waals surface area contributed by atoms with Gasteiger partial charge in [-0.25, -0.2) is 9.50 Å². The maximum Gasteiger partial charge on any atom is 0.270 e. The van der Waals surface area contributed by atoms with E-state index in [9.17, 15) is 4.79 Å². The van der Waals surface area contributed by atoms with Crippen molar-refractivity contribution >= 4 is 11.6 Å². The van der Waals surface area contributed by atoms with Gasteiger partial charge >= 0.3 is 0 Å². The van der Waals surface area contributed by atoms with Gasteiger partial charge in [0.25, 0.3) is 5.91 Å². The number of carbonyl (C=O) groups is 1. The van der Waals surface area contributed by atoms with Crippen molar-refractivity contribution in [3.8, 4) is 28.3 Å². The summed E-state index contributed by atoms with van der Waals surface area (Å²) in [7, 11) is 1.63.